The molecule has 0 spiro atoms. The zero-order chi connectivity index (χ0) is 28.0. The van der Waals surface area contributed by atoms with Gasteiger partial charge in [-0.3, -0.25) is 0 Å². The molecule has 0 atom stereocenters. The van der Waals surface area contributed by atoms with Crippen LogP contribution in [0.3, 0.4) is 0 Å². The summed E-state index contributed by atoms with van der Waals surface area (Å²) >= 11 is 0. The van der Waals surface area contributed by atoms with Crippen molar-refractivity contribution in [2.45, 2.75) is 32.7 Å². The number of alkyl halides is 3. The number of nitrogens with zero attached hydrogens (tertiary/aromatic N) is 3. The van der Waals surface area contributed by atoms with Crippen LogP contribution in [0.1, 0.15) is 28.1 Å². The second-order valence-electron chi connectivity index (χ2n) is 9.07. The Labute approximate surface area is 229 Å². The monoisotopic (exact) mass is 545 g/mol. The number of ether oxygens (including phenoxy) is 3. The summed E-state index contributed by atoms with van der Waals surface area (Å²) in [5.74, 6) is 1.33. The van der Waals surface area contributed by atoms with Gasteiger partial charge in [-0.2, -0.15) is 13.2 Å². The first-order chi connectivity index (χ1) is 19.4. The molecule has 0 fully saturated rings. The van der Waals surface area contributed by atoms with Crippen LogP contribution in [0.15, 0.2) is 91.3 Å². The molecule has 5 aromatic rings. The molecule has 0 unspecified atom stereocenters. The predicted octanol–water partition coefficient (Wildman–Crippen LogP) is 7.13. The van der Waals surface area contributed by atoms with Gasteiger partial charge in [-0.05, 0) is 42.3 Å². The number of para-hydroxylation sites is 1. The maximum Gasteiger partial charge on any atom is 0.433 e. The number of rotatable bonds is 10. The number of halogens is 3. The SMILES string of the molecule is Cc1c(COc2ccc(CCOc3cc(C(F)(F)F)ncn3)cc2)nc2ccccc2c1OCc1ccccc1. The van der Waals surface area contributed by atoms with Gasteiger partial charge in [-0.25, -0.2) is 15.0 Å². The molecule has 0 bridgehead atoms. The van der Waals surface area contributed by atoms with Gasteiger partial charge in [0.05, 0.1) is 17.8 Å². The minimum absolute atomic E-state index is 0.118. The van der Waals surface area contributed by atoms with E-state index in [1.165, 1.54) is 0 Å². The van der Waals surface area contributed by atoms with Gasteiger partial charge in [-0.15, -0.1) is 0 Å². The molecule has 0 amide bonds. The molecule has 0 saturated heterocycles. The lowest BCUT2D eigenvalue weighted by Gasteiger charge is -2.16. The van der Waals surface area contributed by atoms with Gasteiger partial charge in [0.1, 0.15) is 31.0 Å². The van der Waals surface area contributed by atoms with Crippen molar-refractivity contribution in [1.29, 1.82) is 0 Å². The quantitative estimate of drug-likeness (QED) is 0.186. The smallest absolute Gasteiger partial charge is 0.433 e. The molecular weight excluding hydrogens is 519 g/mol. The van der Waals surface area contributed by atoms with Gasteiger partial charge in [-0.1, -0.05) is 54.6 Å². The largest absolute Gasteiger partial charge is 0.488 e. The molecule has 0 aliphatic rings. The van der Waals surface area contributed by atoms with E-state index in [0.29, 0.717) is 18.8 Å². The first-order valence-electron chi connectivity index (χ1n) is 12.7. The molecule has 0 aliphatic heterocycles. The summed E-state index contributed by atoms with van der Waals surface area (Å²) in [6.45, 7) is 2.86. The lowest BCUT2D eigenvalue weighted by Crippen LogP contribution is -2.10. The number of pyridine rings is 1. The average Bonchev–Trinajstić information content (AvgIpc) is 2.97. The normalized spacial score (nSPS) is 11.4. The molecule has 9 heteroatoms. The van der Waals surface area contributed by atoms with Crippen molar-refractivity contribution in [3.05, 3.63) is 119 Å². The fourth-order valence-electron chi connectivity index (χ4n) is 4.13. The summed E-state index contributed by atoms with van der Waals surface area (Å²) in [4.78, 5) is 11.8. The van der Waals surface area contributed by atoms with Crippen LogP contribution < -0.4 is 14.2 Å². The highest BCUT2D eigenvalue weighted by Gasteiger charge is 2.33. The Morgan fingerprint density at radius 1 is 0.750 bits per heavy atom. The molecule has 40 heavy (non-hydrogen) atoms. The summed E-state index contributed by atoms with van der Waals surface area (Å²) < 4.78 is 56.1. The van der Waals surface area contributed by atoms with Crippen molar-refractivity contribution in [2.75, 3.05) is 6.61 Å². The van der Waals surface area contributed by atoms with Crippen LogP contribution >= 0.6 is 0 Å². The molecule has 0 radical (unpaired) electrons. The zero-order valence-corrected chi connectivity index (χ0v) is 21.7. The van der Waals surface area contributed by atoms with E-state index in [2.05, 4.69) is 9.97 Å². The van der Waals surface area contributed by atoms with Crippen LogP contribution in [0.4, 0.5) is 13.2 Å². The minimum Gasteiger partial charge on any atom is -0.488 e. The van der Waals surface area contributed by atoms with Gasteiger partial charge in [0.2, 0.25) is 5.88 Å². The molecule has 3 aromatic carbocycles. The molecule has 6 nitrogen and oxygen atoms in total. The number of hydrogen-bond donors (Lipinski definition) is 0. The Hall–Kier alpha value is -4.66. The molecule has 2 aromatic heterocycles. The minimum atomic E-state index is -4.55. The summed E-state index contributed by atoms with van der Waals surface area (Å²) in [5, 5.41) is 0.947. The van der Waals surface area contributed by atoms with Crippen molar-refractivity contribution in [1.82, 2.24) is 15.0 Å². The first-order valence-corrected chi connectivity index (χ1v) is 12.7. The highest BCUT2D eigenvalue weighted by Crippen LogP contribution is 2.32. The third kappa shape index (κ3) is 6.66. The molecule has 0 N–H and O–H groups in total. The molecule has 204 valence electrons. The van der Waals surface area contributed by atoms with Gasteiger partial charge in [0, 0.05) is 23.4 Å². The Bertz CT molecular complexity index is 1580. The van der Waals surface area contributed by atoms with E-state index >= 15 is 0 Å². The lowest BCUT2D eigenvalue weighted by molar-refractivity contribution is -0.141. The Morgan fingerprint density at radius 2 is 1.50 bits per heavy atom. The highest BCUT2D eigenvalue weighted by molar-refractivity contribution is 5.86. The first kappa shape index (κ1) is 26.9. The average molecular weight is 546 g/mol. The Kier molecular flexibility index (Phi) is 8.10. The van der Waals surface area contributed by atoms with Crippen LogP contribution in [0.5, 0.6) is 17.4 Å². The van der Waals surface area contributed by atoms with Crippen molar-refractivity contribution in [3.8, 4) is 17.4 Å². The van der Waals surface area contributed by atoms with Crippen molar-refractivity contribution in [3.63, 3.8) is 0 Å². The summed E-state index contributed by atoms with van der Waals surface area (Å²) in [6.07, 6.45) is -3.22. The van der Waals surface area contributed by atoms with Gasteiger partial charge in [0.25, 0.3) is 0 Å². The lowest BCUT2D eigenvalue weighted by atomic mass is 10.1. The third-order valence-corrected chi connectivity index (χ3v) is 6.28. The molecule has 2 heterocycles. The van der Waals surface area contributed by atoms with Crippen LogP contribution in [-0.4, -0.2) is 21.6 Å². The standard InChI is InChI=1S/C31H26F3N3O3/c1-21-27(37-26-10-6-5-9-25(26)30(21)40-18-23-7-3-2-4-8-23)19-39-24-13-11-22(12-14-24)15-16-38-29-17-28(31(32,33)34)35-20-36-29/h2-14,17,20H,15-16,18-19H2,1H3. The topological polar surface area (TPSA) is 66.4 Å². The van der Waals surface area contributed by atoms with Crippen LogP contribution in [-0.2, 0) is 25.8 Å². The van der Waals surface area contributed by atoms with E-state index in [4.69, 9.17) is 19.2 Å². The van der Waals surface area contributed by atoms with E-state index in [0.717, 1.165) is 51.4 Å². The fourth-order valence-corrected chi connectivity index (χ4v) is 4.13. The summed E-state index contributed by atoms with van der Waals surface area (Å²) in [7, 11) is 0. The molecule has 0 saturated carbocycles. The van der Waals surface area contributed by atoms with Crippen LogP contribution in [0, 0.1) is 6.92 Å². The number of fused-ring (bicyclic) bond motifs is 1. The van der Waals surface area contributed by atoms with E-state index in [1.807, 2.05) is 85.8 Å². The molecule has 0 aliphatic carbocycles. The third-order valence-electron chi connectivity index (χ3n) is 6.28. The zero-order valence-electron chi connectivity index (χ0n) is 21.7. The maximum absolute atomic E-state index is 12.8. The Morgan fingerprint density at radius 3 is 2.27 bits per heavy atom. The van der Waals surface area contributed by atoms with Gasteiger partial charge < -0.3 is 14.2 Å². The van der Waals surface area contributed by atoms with Crippen molar-refractivity contribution >= 4 is 10.9 Å². The van der Waals surface area contributed by atoms with E-state index in [1.54, 1.807) is 0 Å². The molecule has 5 rings (SSSR count). The van der Waals surface area contributed by atoms with Crippen LogP contribution in [0.2, 0.25) is 0 Å². The number of benzene rings is 3. The second kappa shape index (κ2) is 12.0. The summed E-state index contributed by atoms with van der Waals surface area (Å²) in [6, 6.07) is 26.1. The second-order valence-corrected chi connectivity index (χ2v) is 9.07. The number of aromatic nitrogens is 3. The Balaban J connectivity index is 1.21. The van der Waals surface area contributed by atoms with Crippen molar-refractivity contribution in [2.24, 2.45) is 0 Å². The van der Waals surface area contributed by atoms with E-state index in [-0.39, 0.29) is 19.1 Å². The fraction of sp³-hybridized carbons (Fsp3) is 0.194. The van der Waals surface area contributed by atoms with E-state index < -0.39 is 11.9 Å². The number of hydrogen-bond acceptors (Lipinski definition) is 6. The predicted molar refractivity (Wildman–Crippen MR) is 144 cm³/mol. The maximum atomic E-state index is 12.8. The molecular formula is C31H26F3N3O3. The van der Waals surface area contributed by atoms with Crippen molar-refractivity contribution < 1.29 is 27.4 Å². The summed E-state index contributed by atoms with van der Waals surface area (Å²) in [5.41, 5.74) is 3.51. The van der Waals surface area contributed by atoms with Gasteiger partial charge in [0.15, 0.2) is 5.69 Å². The van der Waals surface area contributed by atoms with Gasteiger partial charge >= 0.3 is 6.18 Å². The van der Waals surface area contributed by atoms with Crippen LogP contribution in [0.25, 0.3) is 10.9 Å². The van der Waals surface area contributed by atoms with E-state index in [9.17, 15) is 13.2 Å². The highest BCUT2D eigenvalue weighted by atomic mass is 19.4.